The Bertz CT molecular complexity index is 319. The molecule has 0 radical (unpaired) electrons. The van der Waals surface area contributed by atoms with Crippen molar-refractivity contribution >= 4 is 5.97 Å². The minimum absolute atomic E-state index is 0.0653. The highest BCUT2D eigenvalue weighted by Gasteiger charge is 2.24. The molecular weight excluding hydrogens is 156 g/mol. The van der Waals surface area contributed by atoms with Crippen LogP contribution in [0.5, 0.6) is 0 Å². The molecule has 1 aromatic rings. The topological polar surface area (TPSA) is 46.5 Å². The van der Waals surface area contributed by atoms with Crippen molar-refractivity contribution in [2.24, 2.45) is 0 Å². The second-order valence-corrected chi connectivity index (χ2v) is 2.70. The number of fused-ring (bicyclic) bond motifs is 1. The van der Waals surface area contributed by atoms with E-state index in [4.69, 9.17) is 4.74 Å². The van der Waals surface area contributed by atoms with Crippen molar-refractivity contribution in [1.82, 2.24) is 0 Å². The van der Waals surface area contributed by atoms with Crippen LogP contribution in [0.25, 0.3) is 0 Å². The first-order valence-corrected chi connectivity index (χ1v) is 3.73. The van der Waals surface area contributed by atoms with Gasteiger partial charge in [0.05, 0.1) is 5.56 Å². The van der Waals surface area contributed by atoms with Gasteiger partial charge < -0.3 is 9.84 Å². The van der Waals surface area contributed by atoms with Crippen molar-refractivity contribution in [3.05, 3.63) is 35.4 Å². The van der Waals surface area contributed by atoms with E-state index in [1.54, 1.807) is 24.3 Å². The second-order valence-electron chi connectivity index (χ2n) is 2.70. The van der Waals surface area contributed by atoms with Crippen LogP contribution in [-0.2, 0) is 4.74 Å². The lowest BCUT2D eigenvalue weighted by atomic mass is 10.0. The van der Waals surface area contributed by atoms with Gasteiger partial charge >= 0.3 is 5.97 Å². The number of carbonyl (C=O) groups is 1. The molecule has 1 aliphatic rings. The summed E-state index contributed by atoms with van der Waals surface area (Å²) >= 11 is 0. The van der Waals surface area contributed by atoms with Crippen LogP contribution >= 0.6 is 0 Å². The number of esters is 1. The Morgan fingerprint density at radius 3 is 2.92 bits per heavy atom. The van der Waals surface area contributed by atoms with Gasteiger partial charge in [-0.3, -0.25) is 0 Å². The van der Waals surface area contributed by atoms with Gasteiger partial charge in [0.2, 0.25) is 0 Å². The van der Waals surface area contributed by atoms with E-state index in [1.165, 1.54) is 0 Å². The highest BCUT2D eigenvalue weighted by molar-refractivity contribution is 5.92. The molecule has 3 heteroatoms. The molecule has 3 nitrogen and oxygen atoms in total. The number of aliphatic hydroxyl groups excluding tert-OH is 1. The minimum Gasteiger partial charge on any atom is -0.459 e. The first kappa shape index (κ1) is 7.31. The van der Waals surface area contributed by atoms with E-state index in [-0.39, 0.29) is 12.6 Å². The van der Waals surface area contributed by atoms with E-state index < -0.39 is 6.10 Å². The molecule has 62 valence electrons. The molecule has 0 amide bonds. The number of aliphatic hydroxyl groups is 1. The standard InChI is InChI=1S/C9H8O3/c10-8-5-12-9(11)7-4-2-1-3-6(7)8/h1-4,8,10H,5H2/t8-/m1/s1. The molecule has 1 aliphatic heterocycles. The fourth-order valence-electron chi connectivity index (χ4n) is 1.30. The number of ether oxygens (including phenoxy) is 1. The lowest BCUT2D eigenvalue weighted by Gasteiger charge is -2.20. The third kappa shape index (κ3) is 0.987. The summed E-state index contributed by atoms with van der Waals surface area (Å²) in [5, 5.41) is 9.40. The fraction of sp³-hybridized carbons (Fsp3) is 0.222. The Balaban J connectivity index is 2.55. The Morgan fingerprint density at radius 1 is 1.42 bits per heavy atom. The van der Waals surface area contributed by atoms with Crippen molar-refractivity contribution in [3.8, 4) is 0 Å². The lowest BCUT2D eigenvalue weighted by molar-refractivity contribution is 0.0167. The zero-order valence-electron chi connectivity index (χ0n) is 6.36. The molecule has 0 spiro atoms. The maximum atomic E-state index is 11.1. The van der Waals surface area contributed by atoms with E-state index in [2.05, 4.69) is 0 Å². The first-order valence-electron chi connectivity index (χ1n) is 3.73. The van der Waals surface area contributed by atoms with Gasteiger partial charge in [-0.1, -0.05) is 18.2 Å². The van der Waals surface area contributed by atoms with Crippen molar-refractivity contribution in [2.45, 2.75) is 6.10 Å². The molecule has 0 aliphatic carbocycles. The van der Waals surface area contributed by atoms with Crippen LogP contribution in [-0.4, -0.2) is 17.7 Å². The zero-order valence-corrected chi connectivity index (χ0v) is 6.36. The third-order valence-electron chi connectivity index (χ3n) is 1.91. The van der Waals surface area contributed by atoms with Crippen molar-refractivity contribution in [2.75, 3.05) is 6.61 Å². The molecule has 1 atom stereocenters. The average molecular weight is 164 g/mol. The van der Waals surface area contributed by atoms with Crippen LogP contribution in [0.15, 0.2) is 24.3 Å². The Labute approximate surface area is 69.6 Å². The van der Waals surface area contributed by atoms with Crippen LogP contribution in [0.2, 0.25) is 0 Å². The van der Waals surface area contributed by atoms with Gasteiger partial charge in [0, 0.05) is 0 Å². The predicted molar refractivity (Wildman–Crippen MR) is 41.7 cm³/mol. The molecule has 0 saturated carbocycles. The molecule has 0 saturated heterocycles. The van der Waals surface area contributed by atoms with Gasteiger partial charge in [0.1, 0.15) is 12.7 Å². The summed E-state index contributed by atoms with van der Waals surface area (Å²) in [6.07, 6.45) is -0.668. The number of hydrogen-bond donors (Lipinski definition) is 1. The number of rotatable bonds is 0. The summed E-state index contributed by atoms with van der Waals surface area (Å²) in [6.45, 7) is 0.0653. The number of cyclic esters (lactones) is 1. The lowest BCUT2D eigenvalue weighted by Crippen LogP contribution is -2.21. The molecule has 1 aromatic carbocycles. The van der Waals surface area contributed by atoms with Crippen molar-refractivity contribution in [1.29, 1.82) is 0 Å². The largest absolute Gasteiger partial charge is 0.459 e. The Kier molecular flexibility index (Phi) is 1.59. The normalized spacial score (nSPS) is 21.4. The smallest absolute Gasteiger partial charge is 0.338 e. The highest BCUT2D eigenvalue weighted by Crippen LogP contribution is 2.23. The van der Waals surface area contributed by atoms with E-state index in [9.17, 15) is 9.90 Å². The molecule has 0 bridgehead atoms. The highest BCUT2D eigenvalue weighted by atomic mass is 16.5. The molecule has 1 N–H and O–H groups in total. The average Bonchev–Trinajstić information content (AvgIpc) is 2.12. The summed E-state index contributed by atoms with van der Waals surface area (Å²) in [5.74, 6) is -0.351. The Hall–Kier alpha value is -1.35. The van der Waals surface area contributed by atoms with Crippen molar-refractivity contribution < 1.29 is 14.6 Å². The summed E-state index contributed by atoms with van der Waals surface area (Å²) in [4.78, 5) is 11.1. The predicted octanol–water partition coefficient (Wildman–Crippen LogP) is 0.890. The van der Waals surface area contributed by atoms with Crippen LogP contribution < -0.4 is 0 Å². The summed E-state index contributed by atoms with van der Waals surface area (Å²) in [6, 6.07) is 6.93. The van der Waals surface area contributed by atoms with E-state index in [1.807, 2.05) is 0 Å². The van der Waals surface area contributed by atoms with E-state index in [0.29, 0.717) is 11.1 Å². The SMILES string of the molecule is O=C1OC[C@@H](O)c2ccccc21. The van der Waals surface area contributed by atoms with Gasteiger partial charge in [0.25, 0.3) is 0 Å². The number of hydrogen-bond acceptors (Lipinski definition) is 3. The third-order valence-corrected chi connectivity index (χ3v) is 1.91. The minimum atomic E-state index is -0.668. The fourth-order valence-corrected chi connectivity index (χ4v) is 1.30. The maximum Gasteiger partial charge on any atom is 0.338 e. The second kappa shape index (κ2) is 2.60. The number of carbonyl (C=O) groups excluding carboxylic acids is 1. The molecule has 2 rings (SSSR count). The quantitative estimate of drug-likeness (QED) is 0.579. The van der Waals surface area contributed by atoms with E-state index >= 15 is 0 Å². The summed E-state index contributed by atoms with van der Waals surface area (Å²) in [7, 11) is 0. The van der Waals surface area contributed by atoms with E-state index in [0.717, 1.165) is 0 Å². The summed E-state index contributed by atoms with van der Waals surface area (Å²) in [5.41, 5.74) is 1.13. The van der Waals surface area contributed by atoms with Gasteiger partial charge in [-0.05, 0) is 11.6 Å². The van der Waals surface area contributed by atoms with Crippen LogP contribution in [0, 0.1) is 0 Å². The number of benzene rings is 1. The maximum absolute atomic E-state index is 11.1. The molecule has 12 heavy (non-hydrogen) atoms. The van der Waals surface area contributed by atoms with Gasteiger partial charge in [-0.2, -0.15) is 0 Å². The van der Waals surface area contributed by atoms with Crippen molar-refractivity contribution in [3.63, 3.8) is 0 Å². The van der Waals surface area contributed by atoms with Crippen LogP contribution in [0.3, 0.4) is 0 Å². The van der Waals surface area contributed by atoms with Gasteiger partial charge in [0.15, 0.2) is 0 Å². The monoisotopic (exact) mass is 164 g/mol. The van der Waals surface area contributed by atoms with Crippen LogP contribution in [0.1, 0.15) is 22.0 Å². The molecule has 0 unspecified atom stereocenters. The molecule has 0 fully saturated rings. The van der Waals surface area contributed by atoms with Gasteiger partial charge in [-0.15, -0.1) is 0 Å². The molecular formula is C9H8O3. The van der Waals surface area contributed by atoms with Gasteiger partial charge in [-0.25, -0.2) is 4.79 Å². The molecule has 0 aromatic heterocycles. The van der Waals surface area contributed by atoms with Crippen LogP contribution in [0.4, 0.5) is 0 Å². The molecule has 1 heterocycles. The first-order chi connectivity index (χ1) is 5.79. The zero-order chi connectivity index (χ0) is 8.55. The summed E-state index contributed by atoms with van der Waals surface area (Å²) < 4.78 is 4.73. The Morgan fingerprint density at radius 2 is 2.17 bits per heavy atom.